The molecule has 0 saturated heterocycles. The predicted octanol–water partition coefficient (Wildman–Crippen LogP) is 7.05. The Kier molecular flexibility index (Phi) is 3.90. The zero-order chi connectivity index (χ0) is 26.4. The van der Waals surface area contributed by atoms with Crippen LogP contribution in [0.2, 0.25) is 0 Å². The first-order valence-electron chi connectivity index (χ1n) is 15.6. The van der Waals surface area contributed by atoms with Gasteiger partial charge in [-0.25, -0.2) is 4.68 Å². The Bertz CT molecular complexity index is 2110. The number of nitrogens with zero attached hydrogens (tertiary/aromatic N) is 2. The molecule has 1 aromatic heterocycles. The molecule has 2 aliphatic heterocycles. The summed E-state index contributed by atoms with van der Waals surface area (Å²) in [7, 11) is 0. The van der Waals surface area contributed by atoms with Crippen LogP contribution in [0.25, 0.3) is 49.7 Å². The normalized spacial score (nSPS) is 24.0. The minimum absolute atomic E-state index is 0.263. The smallest absolute Gasteiger partial charge is 0.233 e. The van der Waals surface area contributed by atoms with E-state index < -0.39 is 0 Å². The van der Waals surface area contributed by atoms with Crippen molar-refractivity contribution in [2.24, 2.45) is 11.8 Å². The van der Waals surface area contributed by atoms with Crippen LogP contribution in [0, 0.1) is 11.8 Å². The summed E-state index contributed by atoms with van der Waals surface area (Å²) in [5, 5.41) is 9.31. The molecular formula is C38H29BN2. The molecule has 2 saturated carbocycles. The lowest BCUT2D eigenvalue weighted by molar-refractivity contribution is 0.166. The molecule has 12 rings (SSSR count). The quantitative estimate of drug-likeness (QED) is 0.211. The van der Waals surface area contributed by atoms with E-state index in [0.29, 0.717) is 0 Å². The molecule has 3 heterocycles. The summed E-state index contributed by atoms with van der Waals surface area (Å²) in [6.45, 7) is 0.263. The van der Waals surface area contributed by atoms with Crippen molar-refractivity contribution >= 4 is 44.8 Å². The molecule has 5 aromatic carbocycles. The Morgan fingerprint density at radius 3 is 2.24 bits per heavy atom. The molecule has 0 spiro atoms. The Morgan fingerprint density at radius 2 is 1.41 bits per heavy atom. The van der Waals surface area contributed by atoms with E-state index in [9.17, 15) is 0 Å². The van der Waals surface area contributed by atoms with Gasteiger partial charge in [0.1, 0.15) is 5.69 Å². The van der Waals surface area contributed by atoms with Crippen molar-refractivity contribution in [1.82, 2.24) is 9.78 Å². The SMILES string of the molecule is c1ccc(-c2nn3c4c(cc5ccccc5c24)B2c4cc5c(cc4-c4cccc-3c42)C2CC3CC(CC5C3)C2)cc1. The standard InChI is InChI=1S/C38H29BN2/c1-2-7-23(8-3-1)37-35-27-10-5-4-9-24(27)18-33-38(35)41(40-37)34-12-6-11-28-31-19-29-25-14-21-13-22(15-25)17-26(16-21)30(29)20-32(31)39(33)36(28)34/h1-12,18-22,25-26H,13-17H2. The molecule has 2 atom stereocenters. The van der Waals surface area contributed by atoms with Crippen LogP contribution in [-0.2, 0) is 0 Å². The van der Waals surface area contributed by atoms with E-state index in [1.807, 2.05) is 0 Å². The van der Waals surface area contributed by atoms with Crippen molar-refractivity contribution in [3.05, 3.63) is 102 Å². The van der Waals surface area contributed by atoms with Gasteiger partial charge >= 0.3 is 0 Å². The molecule has 6 aliphatic rings. The van der Waals surface area contributed by atoms with Crippen molar-refractivity contribution in [2.75, 3.05) is 0 Å². The van der Waals surface area contributed by atoms with Crippen LogP contribution in [0.4, 0.5) is 0 Å². The van der Waals surface area contributed by atoms with Gasteiger partial charge in [0.25, 0.3) is 0 Å². The number of hydrogen-bond acceptors (Lipinski definition) is 1. The maximum absolute atomic E-state index is 5.41. The summed E-state index contributed by atoms with van der Waals surface area (Å²) < 4.78 is 2.29. The predicted molar refractivity (Wildman–Crippen MR) is 170 cm³/mol. The Morgan fingerprint density at radius 1 is 0.659 bits per heavy atom. The largest absolute Gasteiger partial charge is 0.248 e. The highest BCUT2D eigenvalue weighted by molar-refractivity contribution is 7.01. The number of aromatic nitrogens is 2. The van der Waals surface area contributed by atoms with Gasteiger partial charge in [-0.1, -0.05) is 90.4 Å². The van der Waals surface area contributed by atoms with Crippen LogP contribution in [0.5, 0.6) is 0 Å². The highest BCUT2D eigenvalue weighted by Gasteiger charge is 2.46. The number of fused-ring (bicyclic) bond motifs is 7. The third kappa shape index (κ3) is 2.64. The fourth-order valence-electron chi connectivity index (χ4n) is 10.2. The summed E-state index contributed by atoms with van der Waals surface area (Å²) >= 11 is 0. The first-order chi connectivity index (χ1) is 20.3. The summed E-state index contributed by atoms with van der Waals surface area (Å²) in [5.41, 5.74) is 15.6. The highest BCUT2D eigenvalue weighted by Crippen LogP contribution is 2.56. The maximum Gasteiger partial charge on any atom is 0.248 e. The fraction of sp³-hybridized carbons (Fsp3) is 0.237. The van der Waals surface area contributed by atoms with Gasteiger partial charge in [0.15, 0.2) is 0 Å². The molecule has 4 aliphatic carbocycles. The summed E-state index contributed by atoms with van der Waals surface area (Å²) in [6, 6.07) is 34.5. The van der Waals surface area contributed by atoms with Gasteiger partial charge in [-0.2, -0.15) is 5.10 Å². The monoisotopic (exact) mass is 524 g/mol. The van der Waals surface area contributed by atoms with Crippen LogP contribution in [0.15, 0.2) is 91.0 Å². The third-order valence-corrected chi connectivity index (χ3v) is 11.5. The average Bonchev–Trinajstić information content (AvgIpc) is 3.52. The van der Waals surface area contributed by atoms with Crippen molar-refractivity contribution in [1.29, 1.82) is 0 Å². The van der Waals surface area contributed by atoms with Crippen LogP contribution in [-0.4, -0.2) is 16.5 Å². The molecule has 0 N–H and O–H groups in total. The maximum atomic E-state index is 5.41. The van der Waals surface area contributed by atoms with Crippen molar-refractivity contribution in [3.63, 3.8) is 0 Å². The Labute approximate surface area is 240 Å². The molecule has 2 nitrogen and oxygen atoms in total. The summed E-state index contributed by atoms with van der Waals surface area (Å²) in [5.74, 6) is 3.40. The van der Waals surface area contributed by atoms with Crippen LogP contribution < -0.4 is 16.4 Å². The van der Waals surface area contributed by atoms with E-state index in [-0.39, 0.29) is 6.71 Å². The highest BCUT2D eigenvalue weighted by atomic mass is 15.3. The fourth-order valence-corrected chi connectivity index (χ4v) is 10.2. The summed E-state index contributed by atoms with van der Waals surface area (Å²) in [6.07, 6.45) is 7.14. The molecular weight excluding hydrogens is 495 g/mol. The molecule has 0 radical (unpaired) electrons. The molecule has 194 valence electrons. The van der Waals surface area contributed by atoms with Crippen LogP contribution in [0.3, 0.4) is 0 Å². The first kappa shape index (κ1) is 21.6. The zero-order valence-corrected chi connectivity index (χ0v) is 23.0. The van der Waals surface area contributed by atoms with Gasteiger partial charge in [0, 0.05) is 10.9 Å². The third-order valence-electron chi connectivity index (χ3n) is 11.5. The van der Waals surface area contributed by atoms with Gasteiger partial charge in [0.05, 0.1) is 11.2 Å². The molecule has 2 fully saturated rings. The lowest BCUT2D eigenvalue weighted by atomic mass is 9.37. The molecule has 6 aromatic rings. The van der Waals surface area contributed by atoms with Gasteiger partial charge in [-0.15, -0.1) is 0 Å². The summed E-state index contributed by atoms with van der Waals surface area (Å²) in [4.78, 5) is 0. The second-order valence-corrected chi connectivity index (χ2v) is 13.6. The van der Waals surface area contributed by atoms with E-state index in [1.165, 1.54) is 92.5 Å². The minimum Gasteiger partial charge on any atom is -0.233 e. The van der Waals surface area contributed by atoms with Crippen LogP contribution in [0.1, 0.15) is 55.1 Å². The molecule has 3 heteroatoms. The van der Waals surface area contributed by atoms with Crippen molar-refractivity contribution in [3.8, 4) is 28.1 Å². The second kappa shape index (κ2) is 7.39. The Hall–Kier alpha value is -4.11. The molecule has 41 heavy (non-hydrogen) atoms. The number of hydrogen-bond donors (Lipinski definition) is 0. The van der Waals surface area contributed by atoms with E-state index in [1.54, 1.807) is 11.1 Å². The van der Waals surface area contributed by atoms with Crippen molar-refractivity contribution in [2.45, 2.75) is 43.9 Å². The lowest BCUT2D eigenvalue weighted by Crippen LogP contribution is -2.53. The second-order valence-electron chi connectivity index (χ2n) is 13.6. The van der Waals surface area contributed by atoms with Crippen LogP contribution >= 0.6 is 0 Å². The van der Waals surface area contributed by atoms with E-state index in [2.05, 4.69) is 95.7 Å². The molecule has 4 bridgehead atoms. The minimum atomic E-state index is 0.263. The van der Waals surface area contributed by atoms with Crippen molar-refractivity contribution < 1.29 is 0 Å². The Balaban J connectivity index is 1.25. The number of benzene rings is 5. The van der Waals surface area contributed by atoms with Gasteiger partial charge in [-0.3, -0.25) is 0 Å². The number of rotatable bonds is 1. The van der Waals surface area contributed by atoms with E-state index >= 15 is 0 Å². The molecule has 0 amide bonds. The van der Waals surface area contributed by atoms with Gasteiger partial charge in [0.2, 0.25) is 6.71 Å². The average molecular weight is 524 g/mol. The molecule has 2 unspecified atom stereocenters. The topological polar surface area (TPSA) is 17.8 Å². The van der Waals surface area contributed by atoms with Gasteiger partial charge in [-0.05, 0) is 106 Å². The van der Waals surface area contributed by atoms with E-state index in [4.69, 9.17) is 5.10 Å². The lowest BCUT2D eigenvalue weighted by Gasteiger charge is -2.38. The van der Waals surface area contributed by atoms with Gasteiger partial charge < -0.3 is 0 Å². The van der Waals surface area contributed by atoms with E-state index in [0.717, 1.165) is 29.4 Å². The zero-order valence-electron chi connectivity index (χ0n) is 23.0. The first-order valence-corrected chi connectivity index (χ1v) is 15.6.